The molecule has 0 unspecified atom stereocenters. The summed E-state index contributed by atoms with van der Waals surface area (Å²) in [7, 11) is 0. The molecule has 3 rings (SSSR count). The van der Waals surface area contributed by atoms with Gasteiger partial charge in [0, 0.05) is 18.8 Å². The molecule has 1 aliphatic heterocycles. The first-order valence-electron chi connectivity index (χ1n) is 7.13. The minimum Gasteiger partial charge on any atom is -0.372 e. The van der Waals surface area contributed by atoms with E-state index in [0.717, 1.165) is 0 Å². The summed E-state index contributed by atoms with van der Waals surface area (Å²) in [5.74, 6) is 0. The Bertz CT molecular complexity index is 444. The average molecular weight is 239 g/mol. The van der Waals surface area contributed by atoms with Gasteiger partial charge in [-0.3, -0.25) is 0 Å². The molecular weight excluding hydrogens is 218 g/mol. The summed E-state index contributed by atoms with van der Waals surface area (Å²) in [5, 5.41) is 0. The van der Waals surface area contributed by atoms with Gasteiger partial charge in [0.25, 0.3) is 0 Å². The highest BCUT2D eigenvalue weighted by molar-refractivity contribution is 5.54. The molecule has 0 aromatic heterocycles. The molecule has 0 amide bonds. The maximum atomic E-state index is 2.59. The number of nitrogens with zero attached hydrogens (tertiary/aromatic N) is 1. The van der Waals surface area contributed by atoms with Crippen LogP contribution in [-0.4, -0.2) is 18.0 Å². The molecule has 1 saturated heterocycles. The molecule has 0 atom stereocenters. The SMILES string of the molecule is C(=C\c1ccccc1)/C(=C1CC1)N1CCCCC1. The fourth-order valence-corrected chi connectivity index (χ4v) is 2.64. The molecule has 1 aliphatic carbocycles. The molecule has 0 spiro atoms. The number of hydrogen-bond acceptors (Lipinski definition) is 1. The minimum atomic E-state index is 1.25. The minimum absolute atomic E-state index is 1.25. The molecule has 2 fully saturated rings. The fraction of sp³-hybridized carbons (Fsp3) is 0.412. The van der Waals surface area contributed by atoms with Crippen molar-refractivity contribution in [2.24, 2.45) is 0 Å². The Morgan fingerprint density at radius 2 is 1.67 bits per heavy atom. The van der Waals surface area contributed by atoms with Gasteiger partial charge in [0.15, 0.2) is 0 Å². The summed E-state index contributed by atoms with van der Waals surface area (Å²) < 4.78 is 0. The summed E-state index contributed by atoms with van der Waals surface area (Å²) in [4.78, 5) is 2.59. The first kappa shape index (κ1) is 11.6. The van der Waals surface area contributed by atoms with Crippen LogP contribution in [0.25, 0.3) is 6.08 Å². The number of rotatable bonds is 3. The summed E-state index contributed by atoms with van der Waals surface area (Å²) in [5.41, 5.74) is 4.47. The zero-order valence-electron chi connectivity index (χ0n) is 10.9. The van der Waals surface area contributed by atoms with Crippen molar-refractivity contribution in [3.05, 3.63) is 53.2 Å². The molecule has 18 heavy (non-hydrogen) atoms. The van der Waals surface area contributed by atoms with E-state index in [9.17, 15) is 0 Å². The monoisotopic (exact) mass is 239 g/mol. The molecule has 0 bridgehead atoms. The lowest BCUT2D eigenvalue weighted by Crippen LogP contribution is -2.28. The lowest BCUT2D eigenvalue weighted by molar-refractivity contribution is 0.292. The zero-order valence-corrected chi connectivity index (χ0v) is 10.9. The lowest BCUT2D eigenvalue weighted by atomic mass is 10.1. The van der Waals surface area contributed by atoms with E-state index in [1.54, 1.807) is 5.57 Å². The molecule has 2 aliphatic rings. The quantitative estimate of drug-likeness (QED) is 0.763. The van der Waals surface area contributed by atoms with Crippen molar-refractivity contribution in [3.63, 3.8) is 0 Å². The highest BCUT2D eigenvalue weighted by Gasteiger charge is 2.21. The molecule has 1 aromatic rings. The Balaban J connectivity index is 1.76. The summed E-state index contributed by atoms with van der Waals surface area (Å²) in [6.45, 7) is 2.50. The smallest absolute Gasteiger partial charge is 0.0358 e. The van der Waals surface area contributed by atoms with E-state index in [1.165, 1.54) is 56.5 Å². The molecule has 1 heterocycles. The van der Waals surface area contributed by atoms with Crippen LogP contribution in [0.15, 0.2) is 47.7 Å². The highest BCUT2D eigenvalue weighted by atomic mass is 15.1. The Morgan fingerprint density at radius 3 is 2.33 bits per heavy atom. The average Bonchev–Trinajstić information content (AvgIpc) is 3.26. The maximum Gasteiger partial charge on any atom is 0.0358 e. The number of likely N-dealkylation sites (tertiary alicyclic amines) is 1. The second-order valence-electron chi connectivity index (χ2n) is 5.28. The number of piperidine rings is 1. The van der Waals surface area contributed by atoms with Gasteiger partial charge in [-0.1, -0.05) is 36.4 Å². The Kier molecular flexibility index (Phi) is 3.49. The van der Waals surface area contributed by atoms with Crippen LogP contribution in [-0.2, 0) is 0 Å². The highest BCUT2D eigenvalue weighted by Crippen LogP contribution is 2.35. The molecule has 0 N–H and O–H groups in total. The molecular formula is C17H21N. The third-order valence-corrected chi connectivity index (χ3v) is 3.79. The second kappa shape index (κ2) is 5.43. The van der Waals surface area contributed by atoms with Gasteiger partial charge >= 0.3 is 0 Å². The Hall–Kier alpha value is -1.50. The van der Waals surface area contributed by atoms with Crippen LogP contribution in [0.2, 0.25) is 0 Å². The van der Waals surface area contributed by atoms with Gasteiger partial charge in [-0.2, -0.15) is 0 Å². The van der Waals surface area contributed by atoms with Gasteiger partial charge in [0.2, 0.25) is 0 Å². The standard InChI is InChI=1S/C17H21N/c1-3-7-15(8-4-1)9-12-17(16-10-11-16)18-13-5-2-6-14-18/h1,3-4,7-9,12H,2,5-6,10-11,13-14H2/b12-9+. The van der Waals surface area contributed by atoms with Gasteiger partial charge in [0.1, 0.15) is 0 Å². The Morgan fingerprint density at radius 1 is 0.944 bits per heavy atom. The van der Waals surface area contributed by atoms with Crippen LogP contribution in [0, 0.1) is 0 Å². The van der Waals surface area contributed by atoms with Gasteiger partial charge in [-0.05, 0) is 49.3 Å². The van der Waals surface area contributed by atoms with Gasteiger partial charge in [-0.15, -0.1) is 0 Å². The normalized spacial score (nSPS) is 19.3. The van der Waals surface area contributed by atoms with Crippen molar-refractivity contribution in [3.8, 4) is 0 Å². The molecule has 1 saturated carbocycles. The molecule has 0 radical (unpaired) electrons. The van der Waals surface area contributed by atoms with Crippen LogP contribution >= 0.6 is 0 Å². The fourth-order valence-electron chi connectivity index (χ4n) is 2.64. The van der Waals surface area contributed by atoms with Crippen molar-refractivity contribution < 1.29 is 0 Å². The lowest BCUT2D eigenvalue weighted by Gasteiger charge is -2.29. The van der Waals surface area contributed by atoms with E-state index >= 15 is 0 Å². The van der Waals surface area contributed by atoms with E-state index in [2.05, 4.69) is 47.4 Å². The summed E-state index contributed by atoms with van der Waals surface area (Å²) in [6.07, 6.45) is 11.3. The summed E-state index contributed by atoms with van der Waals surface area (Å²) >= 11 is 0. The van der Waals surface area contributed by atoms with Crippen LogP contribution in [0.4, 0.5) is 0 Å². The predicted molar refractivity (Wildman–Crippen MR) is 77.2 cm³/mol. The number of hydrogen-bond donors (Lipinski definition) is 0. The van der Waals surface area contributed by atoms with E-state index in [4.69, 9.17) is 0 Å². The van der Waals surface area contributed by atoms with Crippen LogP contribution in [0.3, 0.4) is 0 Å². The van der Waals surface area contributed by atoms with Gasteiger partial charge in [0.05, 0.1) is 0 Å². The Labute approximate surface area is 110 Å². The molecule has 1 heteroatoms. The molecule has 1 nitrogen and oxygen atoms in total. The van der Waals surface area contributed by atoms with E-state index < -0.39 is 0 Å². The van der Waals surface area contributed by atoms with Crippen molar-refractivity contribution in [1.82, 2.24) is 4.90 Å². The maximum absolute atomic E-state index is 2.59. The largest absolute Gasteiger partial charge is 0.372 e. The van der Waals surface area contributed by atoms with Gasteiger partial charge in [-0.25, -0.2) is 0 Å². The molecule has 1 aromatic carbocycles. The van der Waals surface area contributed by atoms with Crippen LogP contribution in [0.1, 0.15) is 37.7 Å². The van der Waals surface area contributed by atoms with E-state index in [-0.39, 0.29) is 0 Å². The van der Waals surface area contributed by atoms with Crippen molar-refractivity contribution in [1.29, 1.82) is 0 Å². The van der Waals surface area contributed by atoms with Crippen molar-refractivity contribution >= 4 is 6.08 Å². The van der Waals surface area contributed by atoms with Crippen LogP contribution < -0.4 is 0 Å². The van der Waals surface area contributed by atoms with Crippen LogP contribution in [0.5, 0.6) is 0 Å². The van der Waals surface area contributed by atoms with E-state index in [0.29, 0.717) is 0 Å². The third kappa shape index (κ3) is 2.84. The number of benzene rings is 1. The topological polar surface area (TPSA) is 3.24 Å². The van der Waals surface area contributed by atoms with E-state index in [1.807, 2.05) is 0 Å². The first-order valence-corrected chi connectivity index (χ1v) is 7.13. The second-order valence-corrected chi connectivity index (χ2v) is 5.28. The van der Waals surface area contributed by atoms with Crippen molar-refractivity contribution in [2.75, 3.05) is 13.1 Å². The molecule has 94 valence electrons. The summed E-state index contributed by atoms with van der Waals surface area (Å²) in [6, 6.07) is 10.6. The van der Waals surface area contributed by atoms with Crippen molar-refractivity contribution in [2.45, 2.75) is 32.1 Å². The van der Waals surface area contributed by atoms with Gasteiger partial charge < -0.3 is 4.90 Å². The third-order valence-electron chi connectivity index (χ3n) is 3.79. The first-order chi connectivity index (χ1) is 8.93. The number of allylic oxidation sites excluding steroid dienone is 2. The predicted octanol–water partition coefficient (Wildman–Crippen LogP) is 4.23. The zero-order chi connectivity index (χ0) is 12.2.